The molecule has 0 saturated heterocycles. The lowest BCUT2D eigenvalue weighted by atomic mass is 10.3. The van der Waals surface area contributed by atoms with Crippen LogP contribution in [-0.4, -0.2) is 28.0 Å². The second-order valence-electron chi connectivity index (χ2n) is 4.79. The third-order valence-electron chi connectivity index (χ3n) is 2.86. The van der Waals surface area contributed by atoms with E-state index in [-0.39, 0.29) is 17.6 Å². The molecule has 6 nitrogen and oxygen atoms in total. The number of hydrogen-bond donors (Lipinski definition) is 2. The van der Waals surface area contributed by atoms with Crippen LogP contribution in [0.15, 0.2) is 34.9 Å². The zero-order chi connectivity index (χ0) is 16.8. The summed E-state index contributed by atoms with van der Waals surface area (Å²) < 4.78 is 4.87. The molecule has 0 unspecified atom stereocenters. The molecule has 122 valence electrons. The van der Waals surface area contributed by atoms with Crippen LogP contribution in [0.3, 0.4) is 0 Å². The Balaban J connectivity index is 1.79. The minimum Gasteiger partial charge on any atom is -0.360 e. The Hall–Kier alpha value is -1.99. The van der Waals surface area contributed by atoms with Crippen molar-refractivity contribution >= 4 is 46.7 Å². The predicted octanol–water partition coefficient (Wildman–Crippen LogP) is 3.34. The van der Waals surface area contributed by atoms with Crippen molar-refractivity contribution in [2.24, 2.45) is 0 Å². The van der Waals surface area contributed by atoms with Crippen molar-refractivity contribution in [1.82, 2.24) is 5.16 Å². The van der Waals surface area contributed by atoms with Crippen molar-refractivity contribution in [1.29, 1.82) is 0 Å². The number of aryl methyl sites for hydroxylation is 1. The van der Waals surface area contributed by atoms with E-state index in [2.05, 4.69) is 15.8 Å². The number of carbonyl (C=O) groups excluding carboxylic acids is 2. The third-order valence-corrected chi connectivity index (χ3v) is 4.33. The van der Waals surface area contributed by atoms with E-state index in [4.69, 9.17) is 16.1 Å². The van der Waals surface area contributed by atoms with E-state index in [1.807, 2.05) is 0 Å². The number of para-hydroxylation sites is 1. The summed E-state index contributed by atoms with van der Waals surface area (Å²) in [6.07, 6.45) is 0. The lowest BCUT2D eigenvalue weighted by Gasteiger charge is -2.11. The van der Waals surface area contributed by atoms with Gasteiger partial charge in [-0.05, 0) is 26.0 Å². The highest BCUT2D eigenvalue weighted by molar-refractivity contribution is 8.01. The molecule has 0 fully saturated rings. The fourth-order valence-corrected chi connectivity index (χ4v) is 2.55. The molecule has 1 aromatic carbocycles. The molecule has 0 aliphatic carbocycles. The Kier molecular flexibility index (Phi) is 6.06. The van der Waals surface area contributed by atoms with Crippen LogP contribution in [-0.2, 0) is 9.59 Å². The summed E-state index contributed by atoms with van der Waals surface area (Å²) in [4.78, 5) is 23.9. The molecule has 0 aliphatic rings. The van der Waals surface area contributed by atoms with Gasteiger partial charge in [-0.2, -0.15) is 0 Å². The van der Waals surface area contributed by atoms with Crippen LogP contribution < -0.4 is 10.6 Å². The first-order chi connectivity index (χ1) is 11.0. The molecule has 23 heavy (non-hydrogen) atoms. The van der Waals surface area contributed by atoms with Crippen LogP contribution in [0.5, 0.6) is 0 Å². The number of aromatic nitrogens is 1. The van der Waals surface area contributed by atoms with Crippen molar-refractivity contribution < 1.29 is 14.1 Å². The molecule has 1 aromatic heterocycles. The smallest absolute Gasteiger partial charge is 0.238 e. The Morgan fingerprint density at radius 2 is 2.09 bits per heavy atom. The lowest BCUT2D eigenvalue weighted by molar-refractivity contribution is -0.115. The number of benzene rings is 1. The average Bonchev–Trinajstić information content (AvgIpc) is 2.92. The van der Waals surface area contributed by atoms with Crippen LogP contribution in [0.25, 0.3) is 0 Å². The molecular weight excluding hydrogens is 338 g/mol. The molecule has 1 atom stereocenters. The first-order valence-electron chi connectivity index (χ1n) is 6.86. The fraction of sp³-hybridized carbons (Fsp3) is 0.267. The van der Waals surface area contributed by atoms with Crippen molar-refractivity contribution in [2.45, 2.75) is 19.1 Å². The lowest BCUT2D eigenvalue weighted by Crippen LogP contribution is -2.25. The Morgan fingerprint density at radius 3 is 2.74 bits per heavy atom. The number of amides is 2. The van der Waals surface area contributed by atoms with Crippen molar-refractivity contribution in [2.75, 3.05) is 16.4 Å². The number of nitrogens with zero attached hydrogens (tertiary/aromatic N) is 1. The standard InChI is InChI=1S/C15H16ClN3O3S/c1-9-7-13(19-22-9)18-15(21)10(2)23-8-14(20)17-12-6-4-3-5-11(12)16/h3-7,10H,8H2,1-2H3,(H,17,20)(H,18,19,21)/t10-/m0/s1. The molecule has 2 amide bonds. The molecular formula is C15H16ClN3O3S. The SMILES string of the molecule is Cc1cc(NC(=O)[C@H](C)SCC(=O)Nc2ccccc2Cl)no1. The van der Waals surface area contributed by atoms with Gasteiger partial charge in [-0.15, -0.1) is 11.8 Å². The largest absolute Gasteiger partial charge is 0.360 e. The summed E-state index contributed by atoms with van der Waals surface area (Å²) in [5, 5.41) is 9.08. The van der Waals surface area contributed by atoms with E-state index in [1.165, 1.54) is 11.8 Å². The van der Waals surface area contributed by atoms with E-state index >= 15 is 0 Å². The van der Waals surface area contributed by atoms with Gasteiger partial charge in [0.25, 0.3) is 0 Å². The van der Waals surface area contributed by atoms with E-state index in [9.17, 15) is 9.59 Å². The van der Waals surface area contributed by atoms with Crippen molar-refractivity contribution in [3.05, 3.63) is 41.1 Å². The summed E-state index contributed by atoms with van der Waals surface area (Å²) in [5.41, 5.74) is 0.551. The fourth-order valence-electron chi connectivity index (χ4n) is 1.68. The van der Waals surface area contributed by atoms with Crippen LogP contribution in [0.4, 0.5) is 11.5 Å². The third kappa shape index (κ3) is 5.30. The van der Waals surface area contributed by atoms with E-state index in [0.717, 1.165) is 0 Å². The van der Waals surface area contributed by atoms with Crippen LogP contribution >= 0.6 is 23.4 Å². The molecule has 0 radical (unpaired) electrons. The Bertz CT molecular complexity index is 705. The van der Waals surface area contributed by atoms with E-state index in [1.54, 1.807) is 44.2 Å². The van der Waals surface area contributed by atoms with Crippen molar-refractivity contribution in [3.8, 4) is 0 Å². The topological polar surface area (TPSA) is 84.2 Å². The second kappa shape index (κ2) is 8.03. The predicted molar refractivity (Wildman–Crippen MR) is 91.9 cm³/mol. The molecule has 8 heteroatoms. The molecule has 0 spiro atoms. The van der Waals surface area contributed by atoms with Gasteiger partial charge in [0.1, 0.15) is 5.76 Å². The maximum absolute atomic E-state index is 12.0. The van der Waals surface area contributed by atoms with Crippen LogP contribution in [0, 0.1) is 6.92 Å². The van der Waals surface area contributed by atoms with Gasteiger partial charge in [0.2, 0.25) is 11.8 Å². The molecule has 0 bridgehead atoms. The maximum atomic E-state index is 12.0. The number of hydrogen-bond acceptors (Lipinski definition) is 5. The van der Waals surface area contributed by atoms with Crippen LogP contribution in [0.2, 0.25) is 5.02 Å². The number of thioether (sulfide) groups is 1. The highest BCUT2D eigenvalue weighted by Gasteiger charge is 2.17. The first-order valence-corrected chi connectivity index (χ1v) is 8.28. The molecule has 0 saturated carbocycles. The first kappa shape index (κ1) is 17.4. The van der Waals surface area contributed by atoms with E-state index < -0.39 is 5.25 Å². The normalized spacial score (nSPS) is 11.8. The molecule has 2 N–H and O–H groups in total. The minimum atomic E-state index is -0.413. The van der Waals surface area contributed by atoms with Gasteiger partial charge in [0, 0.05) is 6.07 Å². The number of anilines is 2. The maximum Gasteiger partial charge on any atom is 0.238 e. The number of halogens is 1. The number of rotatable bonds is 6. The van der Waals surface area contributed by atoms with Gasteiger partial charge in [0.05, 0.1) is 21.7 Å². The zero-order valence-electron chi connectivity index (χ0n) is 12.6. The van der Waals surface area contributed by atoms with Gasteiger partial charge in [-0.3, -0.25) is 9.59 Å². The summed E-state index contributed by atoms with van der Waals surface area (Å²) in [7, 11) is 0. The molecule has 2 rings (SSSR count). The van der Waals surface area contributed by atoms with Gasteiger partial charge < -0.3 is 15.2 Å². The summed E-state index contributed by atoms with van der Waals surface area (Å²) in [5.74, 6) is 0.645. The summed E-state index contributed by atoms with van der Waals surface area (Å²) in [6, 6.07) is 8.60. The van der Waals surface area contributed by atoms with Gasteiger partial charge in [-0.1, -0.05) is 28.9 Å². The van der Waals surface area contributed by atoms with Gasteiger partial charge in [0.15, 0.2) is 5.82 Å². The monoisotopic (exact) mass is 353 g/mol. The average molecular weight is 354 g/mol. The van der Waals surface area contributed by atoms with Gasteiger partial charge >= 0.3 is 0 Å². The second-order valence-corrected chi connectivity index (χ2v) is 6.53. The molecule has 2 aromatic rings. The summed E-state index contributed by atoms with van der Waals surface area (Å²) >= 11 is 7.19. The minimum absolute atomic E-state index is 0.137. The number of carbonyl (C=O) groups is 2. The highest BCUT2D eigenvalue weighted by atomic mass is 35.5. The molecule has 0 aliphatic heterocycles. The number of nitrogens with one attached hydrogen (secondary N) is 2. The quantitative estimate of drug-likeness (QED) is 0.832. The molecule has 1 heterocycles. The summed E-state index contributed by atoms with van der Waals surface area (Å²) in [6.45, 7) is 3.45. The Morgan fingerprint density at radius 1 is 1.35 bits per heavy atom. The highest BCUT2D eigenvalue weighted by Crippen LogP contribution is 2.21. The zero-order valence-corrected chi connectivity index (χ0v) is 14.2. The van der Waals surface area contributed by atoms with Crippen molar-refractivity contribution in [3.63, 3.8) is 0 Å². The van der Waals surface area contributed by atoms with Crippen LogP contribution in [0.1, 0.15) is 12.7 Å². The van der Waals surface area contributed by atoms with Gasteiger partial charge in [-0.25, -0.2) is 0 Å². The van der Waals surface area contributed by atoms with E-state index in [0.29, 0.717) is 22.3 Å². The Labute approximate surface area is 142 Å².